The molecule has 0 aliphatic carbocycles. The van der Waals surface area contributed by atoms with E-state index < -0.39 is 0 Å². The van der Waals surface area contributed by atoms with E-state index >= 15 is 0 Å². The van der Waals surface area contributed by atoms with Gasteiger partial charge in [0.15, 0.2) is 0 Å². The average molecular weight is 234 g/mol. The van der Waals surface area contributed by atoms with Gasteiger partial charge in [-0.3, -0.25) is 9.36 Å². The van der Waals surface area contributed by atoms with Crippen molar-refractivity contribution in [3.63, 3.8) is 0 Å². The molecule has 0 bridgehead atoms. The van der Waals surface area contributed by atoms with Crippen molar-refractivity contribution in [2.24, 2.45) is 0 Å². The highest BCUT2D eigenvalue weighted by Crippen LogP contribution is 2.14. The molecule has 0 spiro atoms. The van der Waals surface area contributed by atoms with E-state index in [0.717, 1.165) is 5.39 Å². The molecule has 2 aromatic heterocycles. The summed E-state index contributed by atoms with van der Waals surface area (Å²) in [5.41, 5.74) is 0.472. The lowest BCUT2D eigenvalue weighted by molar-refractivity contribution is 0.324. The van der Waals surface area contributed by atoms with Crippen molar-refractivity contribution in [3.05, 3.63) is 28.7 Å². The zero-order valence-corrected chi connectivity index (χ0v) is 9.71. The van der Waals surface area contributed by atoms with Crippen LogP contribution in [-0.2, 0) is 0 Å². The van der Waals surface area contributed by atoms with E-state index in [1.54, 1.807) is 16.8 Å². The van der Waals surface area contributed by atoms with E-state index in [0.29, 0.717) is 11.6 Å². The standard InChI is InChI=1S/C11H14N4O2/c1-7(2)15-9(17)4-3-8-5-12-11(13-6-16)14-10(8)15/h3-5,7,16H,6H2,1-2H3,(H,12,13,14). The molecule has 0 saturated heterocycles. The Hall–Kier alpha value is -1.95. The number of hydrogen-bond acceptors (Lipinski definition) is 5. The Morgan fingerprint density at radius 2 is 2.24 bits per heavy atom. The van der Waals surface area contributed by atoms with Crippen LogP contribution in [0.3, 0.4) is 0 Å². The van der Waals surface area contributed by atoms with Crippen molar-refractivity contribution in [1.29, 1.82) is 0 Å². The first kappa shape index (κ1) is 11.5. The highest BCUT2D eigenvalue weighted by Gasteiger charge is 2.08. The van der Waals surface area contributed by atoms with Gasteiger partial charge in [0.05, 0.1) is 0 Å². The van der Waals surface area contributed by atoms with Gasteiger partial charge in [0.2, 0.25) is 5.95 Å². The van der Waals surface area contributed by atoms with E-state index in [-0.39, 0.29) is 18.3 Å². The molecule has 6 nitrogen and oxygen atoms in total. The van der Waals surface area contributed by atoms with Gasteiger partial charge in [0, 0.05) is 23.7 Å². The molecule has 0 amide bonds. The molecule has 6 heteroatoms. The molecular weight excluding hydrogens is 220 g/mol. The number of nitrogens with zero attached hydrogens (tertiary/aromatic N) is 3. The first-order chi connectivity index (χ1) is 8.13. The molecule has 2 heterocycles. The molecule has 0 unspecified atom stereocenters. The molecule has 0 aliphatic rings. The van der Waals surface area contributed by atoms with Gasteiger partial charge in [0.25, 0.3) is 5.56 Å². The summed E-state index contributed by atoms with van der Waals surface area (Å²) >= 11 is 0. The Balaban J connectivity index is 2.71. The van der Waals surface area contributed by atoms with Crippen LogP contribution >= 0.6 is 0 Å². The van der Waals surface area contributed by atoms with Gasteiger partial charge in [0.1, 0.15) is 12.4 Å². The zero-order valence-electron chi connectivity index (χ0n) is 9.71. The first-order valence-electron chi connectivity index (χ1n) is 5.36. The van der Waals surface area contributed by atoms with E-state index in [1.807, 2.05) is 13.8 Å². The van der Waals surface area contributed by atoms with Crippen LogP contribution in [0.2, 0.25) is 0 Å². The Morgan fingerprint density at radius 3 is 2.88 bits per heavy atom. The number of pyridine rings is 1. The molecule has 0 fully saturated rings. The third kappa shape index (κ3) is 2.12. The highest BCUT2D eigenvalue weighted by atomic mass is 16.3. The van der Waals surface area contributed by atoms with Crippen molar-refractivity contribution in [1.82, 2.24) is 14.5 Å². The fourth-order valence-electron chi connectivity index (χ4n) is 1.69. The number of fused-ring (bicyclic) bond motifs is 1. The lowest BCUT2D eigenvalue weighted by atomic mass is 10.3. The molecule has 90 valence electrons. The Morgan fingerprint density at radius 1 is 1.47 bits per heavy atom. The maximum atomic E-state index is 11.8. The van der Waals surface area contributed by atoms with Crippen molar-refractivity contribution < 1.29 is 5.11 Å². The van der Waals surface area contributed by atoms with E-state index in [2.05, 4.69) is 15.3 Å². The minimum Gasteiger partial charge on any atom is -0.376 e. The summed E-state index contributed by atoms with van der Waals surface area (Å²) < 4.78 is 1.60. The highest BCUT2D eigenvalue weighted by molar-refractivity contribution is 5.75. The molecule has 2 rings (SSSR count). The van der Waals surface area contributed by atoms with Gasteiger partial charge < -0.3 is 10.4 Å². The topological polar surface area (TPSA) is 80.0 Å². The molecule has 0 aromatic carbocycles. The molecule has 2 N–H and O–H groups in total. The van der Waals surface area contributed by atoms with Gasteiger partial charge in [-0.05, 0) is 19.9 Å². The van der Waals surface area contributed by atoms with Crippen LogP contribution < -0.4 is 10.9 Å². The summed E-state index contributed by atoms with van der Waals surface area (Å²) in [4.78, 5) is 20.0. The van der Waals surface area contributed by atoms with Gasteiger partial charge in [-0.15, -0.1) is 0 Å². The molecule has 0 radical (unpaired) electrons. The number of anilines is 1. The van der Waals surface area contributed by atoms with Crippen LogP contribution in [0.1, 0.15) is 19.9 Å². The largest absolute Gasteiger partial charge is 0.376 e. The zero-order chi connectivity index (χ0) is 12.4. The van der Waals surface area contributed by atoms with Gasteiger partial charge in [-0.2, -0.15) is 4.98 Å². The van der Waals surface area contributed by atoms with E-state index in [9.17, 15) is 4.79 Å². The van der Waals surface area contributed by atoms with Crippen LogP contribution in [0.5, 0.6) is 0 Å². The predicted octanol–water partition coefficient (Wildman–Crippen LogP) is 0.734. The third-order valence-electron chi connectivity index (χ3n) is 2.42. The van der Waals surface area contributed by atoms with Crippen molar-refractivity contribution >= 4 is 17.0 Å². The Kier molecular flexibility index (Phi) is 3.06. The van der Waals surface area contributed by atoms with Crippen LogP contribution in [-0.4, -0.2) is 26.4 Å². The summed E-state index contributed by atoms with van der Waals surface area (Å²) in [6.07, 6.45) is 1.62. The average Bonchev–Trinajstić information content (AvgIpc) is 2.28. The number of rotatable bonds is 3. The quantitative estimate of drug-likeness (QED) is 0.765. The van der Waals surface area contributed by atoms with Crippen LogP contribution in [0.25, 0.3) is 11.0 Å². The van der Waals surface area contributed by atoms with Crippen molar-refractivity contribution in [2.45, 2.75) is 19.9 Å². The number of nitrogens with one attached hydrogen (secondary N) is 1. The summed E-state index contributed by atoms with van der Waals surface area (Å²) in [7, 11) is 0. The second kappa shape index (κ2) is 4.50. The summed E-state index contributed by atoms with van der Waals surface area (Å²) in [5.74, 6) is 0.306. The fraction of sp³-hybridized carbons (Fsp3) is 0.364. The predicted molar refractivity (Wildman–Crippen MR) is 64.9 cm³/mol. The van der Waals surface area contributed by atoms with Crippen molar-refractivity contribution in [2.75, 3.05) is 12.0 Å². The minimum absolute atomic E-state index is 0.0167. The van der Waals surface area contributed by atoms with Crippen LogP contribution in [0, 0.1) is 0 Å². The maximum Gasteiger partial charge on any atom is 0.252 e. The van der Waals surface area contributed by atoms with E-state index in [1.165, 1.54) is 6.07 Å². The number of aliphatic hydroxyl groups excluding tert-OH is 1. The number of hydrogen-bond donors (Lipinski definition) is 2. The molecule has 2 aromatic rings. The van der Waals surface area contributed by atoms with Gasteiger partial charge >= 0.3 is 0 Å². The Labute approximate surface area is 97.9 Å². The van der Waals surface area contributed by atoms with Crippen LogP contribution in [0.4, 0.5) is 5.95 Å². The summed E-state index contributed by atoms with van der Waals surface area (Å²) in [6, 6.07) is 3.22. The molecule has 17 heavy (non-hydrogen) atoms. The number of aromatic nitrogens is 3. The van der Waals surface area contributed by atoms with Crippen molar-refractivity contribution in [3.8, 4) is 0 Å². The number of aliphatic hydroxyl groups is 1. The fourth-order valence-corrected chi connectivity index (χ4v) is 1.69. The molecule has 0 saturated carbocycles. The first-order valence-corrected chi connectivity index (χ1v) is 5.36. The second-order valence-corrected chi connectivity index (χ2v) is 3.94. The maximum absolute atomic E-state index is 11.8. The Bertz CT molecular complexity index is 592. The second-order valence-electron chi connectivity index (χ2n) is 3.94. The smallest absolute Gasteiger partial charge is 0.252 e. The lowest BCUT2D eigenvalue weighted by Crippen LogP contribution is -2.22. The van der Waals surface area contributed by atoms with Gasteiger partial charge in [-0.25, -0.2) is 4.98 Å². The van der Waals surface area contributed by atoms with Crippen LogP contribution in [0.15, 0.2) is 23.1 Å². The SMILES string of the molecule is CC(C)n1c(=O)ccc2cnc(NCO)nc21. The summed E-state index contributed by atoms with van der Waals surface area (Å²) in [6.45, 7) is 3.59. The molecule has 0 atom stereocenters. The normalized spacial score (nSPS) is 11.1. The minimum atomic E-state index is -0.246. The van der Waals surface area contributed by atoms with Gasteiger partial charge in [-0.1, -0.05) is 0 Å². The lowest BCUT2D eigenvalue weighted by Gasteiger charge is -2.13. The molecule has 0 aliphatic heterocycles. The summed E-state index contributed by atoms with van der Waals surface area (Å²) in [5, 5.41) is 12.2. The monoisotopic (exact) mass is 234 g/mol. The third-order valence-corrected chi connectivity index (χ3v) is 2.42. The van der Waals surface area contributed by atoms with E-state index in [4.69, 9.17) is 5.11 Å². The molecular formula is C11H14N4O2.